The van der Waals surface area contributed by atoms with E-state index >= 15 is 0 Å². The van der Waals surface area contributed by atoms with Crippen molar-refractivity contribution in [2.75, 3.05) is 20.8 Å². The van der Waals surface area contributed by atoms with Gasteiger partial charge in [-0.3, -0.25) is 14.7 Å². The first-order chi connectivity index (χ1) is 11.5. The molecule has 0 amide bonds. The summed E-state index contributed by atoms with van der Waals surface area (Å²) in [6.45, 7) is 1.88. The molecule has 0 bridgehead atoms. The van der Waals surface area contributed by atoms with Gasteiger partial charge in [0.25, 0.3) is 5.56 Å². The molecule has 1 aromatic heterocycles. The van der Waals surface area contributed by atoms with E-state index in [-0.39, 0.29) is 11.3 Å². The van der Waals surface area contributed by atoms with Crippen molar-refractivity contribution in [1.82, 2.24) is 14.9 Å². The van der Waals surface area contributed by atoms with E-state index in [1.165, 1.54) is 0 Å². The van der Waals surface area contributed by atoms with Crippen molar-refractivity contribution in [3.8, 4) is 17.2 Å². The van der Waals surface area contributed by atoms with Crippen LogP contribution in [-0.4, -0.2) is 40.7 Å². The summed E-state index contributed by atoms with van der Waals surface area (Å²) in [5, 5.41) is 9.75. The number of H-pyrrole nitrogens is 2. The number of methoxy groups -OCH3 is 2. The average molecular weight is 349 g/mol. The molecule has 0 saturated heterocycles. The van der Waals surface area contributed by atoms with E-state index in [4.69, 9.17) is 21.7 Å². The largest absolute Gasteiger partial charge is 0.508 e. The van der Waals surface area contributed by atoms with E-state index < -0.39 is 0 Å². The Labute approximate surface area is 143 Å². The molecule has 128 valence electrons. The molecule has 24 heavy (non-hydrogen) atoms. The van der Waals surface area contributed by atoms with E-state index in [0.717, 1.165) is 23.4 Å². The third kappa shape index (κ3) is 3.15. The number of phenols is 1. The van der Waals surface area contributed by atoms with Gasteiger partial charge in [0.15, 0.2) is 4.77 Å². The van der Waals surface area contributed by atoms with Crippen LogP contribution in [0.4, 0.5) is 0 Å². The number of aromatic amines is 2. The summed E-state index contributed by atoms with van der Waals surface area (Å²) in [5.41, 5.74) is 2.33. The summed E-state index contributed by atoms with van der Waals surface area (Å²) >= 11 is 5.05. The zero-order chi connectivity index (χ0) is 17.3. The molecule has 3 N–H and O–H groups in total. The summed E-state index contributed by atoms with van der Waals surface area (Å²) in [6, 6.07) is 3.13. The predicted molar refractivity (Wildman–Crippen MR) is 91.3 cm³/mol. The summed E-state index contributed by atoms with van der Waals surface area (Å²) in [6.07, 6.45) is 0.638. The second kappa shape index (κ2) is 6.66. The van der Waals surface area contributed by atoms with Crippen LogP contribution in [0.25, 0.3) is 0 Å². The second-order valence-electron chi connectivity index (χ2n) is 5.65. The number of rotatable bonds is 4. The first kappa shape index (κ1) is 16.5. The molecular formula is C16H19N3O4S. The van der Waals surface area contributed by atoms with Crippen LogP contribution in [0.15, 0.2) is 16.9 Å². The Hall–Kier alpha value is -2.32. The lowest BCUT2D eigenvalue weighted by molar-refractivity contribution is 0.232. The van der Waals surface area contributed by atoms with Crippen molar-refractivity contribution >= 4 is 12.2 Å². The molecule has 0 atom stereocenters. The SMILES string of the molecule is COc1cc(O)cc(OC)c1CN1CCc2c([nH]c(=S)[nH]c2=O)C1. The number of benzene rings is 1. The van der Waals surface area contributed by atoms with Gasteiger partial charge < -0.3 is 19.6 Å². The molecule has 8 heteroatoms. The molecular weight excluding hydrogens is 330 g/mol. The number of hydrogen-bond acceptors (Lipinski definition) is 6. The zero-order valence-electron chi connectivity index (χ0n) is 13.5. The smallest absolute Gasteiger partial charge is 0.255 e. The Balaban J connectivity index is 1.90. The van der Waals surface area contributed by atoms with Crippen molar-refractivity contribution < 1.29 is 14.6 Å². The Morgan fingerprint density at radius 3 is 2.54 bits per heavy atom. The highest BCUT2D eigenvalue weighted by atomic mass is 32.1. The second-order valence-corrected chi connectivity index (χ2v) is 6.06. The van der Waals surface area contributed by atoms with Gasteiger partial charge in [0.1, 0.15) is 17.2 Å². The summed E-state index contributed by atoms with van der Waals surface area (Å²) in [4.78, 5) is 19.8. The molecule has 2 heterocycles. The number of aromatic nitrogens is 2. The van der Waals surface area contributed by atoms with Gasteiger partial charge in [0, 0.05) is 43.0 Å². The lowest BCUT2D eigenvalue weighted by atomic mass is 10.0. The summed E-state index contributed by atoms with van der Waals surface area (Å²) in [5.74, 6) is 1.22. The van der Waals surface area contributed by atoms with Crippen molar-refractivity contribution in [3.63, 3.8) is 0 Å². The molecule has 0 fully saturated rings. The van der Waals surface area contributed by atoms with Crippen LogP contribution in [-0.2, 0) is 19.5 Å². The van der Waals surface area contributed by atoms with E-state index in [1.807, 2.05) is 0 Å². The van der Waals surface area contributed by atoms with Gasteiger partial charge in [0.05, 0.1) is 19.8 Å². The predicted octanol–water partition coefficient (Wildman–Crippen LogP) is 1.71. The van der Waals surface area contributed by atoms with Crippen LogP contribution in [0.1, 0.15) is 16.8 Å². The molecule has 0 unspecified atom stereocenters. The summed E-state index contributed by atoms with van der Waals surface area (Å²) in [7, 11) is 3.11. The molecule has 0 radical (unpaired) electrons. The van der Waals surface area contributed by atoms with Crippen molar-refractivity contribution in [1.29, 1.82) is 0 Å². The van der Waals surface area contributed by atoms with Crippen molar-refractivity contribution in [2.24, 2.45) is 0 Å². The number of nitrogens with one attached hydrogen (secondary N) is 2. The maximum atomic E-state index is 12.0. The standard InChI is InChI=1S/C16H19N3O4S/c1-22-13-5-9(20)6-14(23-2)11(13)7-19-4-3-10-12(8-19)17-16(24)18-15(10)21/h5-6,20H,3-4,7-8H2,1-2H3,(H2,17,18,21,24). The molecule has 1 aromatic carbocycles. The number of ether oxygens (including phenoxy) is 2. The quantitative estimate of drug-likeness (QED) is 0.728. The molecule has 2 aromatic rings. The van der Waals surface area contributed by atoms with Gasteiger partial charge in [-0.05, 0) is 18.6 Å². The third-order valence-corrected chi connectivity index (χ3v) is 4.37. The number of hydrogen-bond donors (Lipinski definition) is 3. The van der Waals surface area contributed by atoms with Gasteiger partial charge in [0.2, 0.25) is 0 Å². The maximum Gasteiger partial charge on any atom is 0.255 e. The van der Waals surface area contributed by atoms with Gasteiger partial charge in [-0.15, -0.1) is 0 Å². The van der Waals surface area contributed by atoms with Gasteiger partial charge in [-0.25, -0.2) is 0 Å². The lowest BCUT2D eigenvalue weighted by Gasteiger charge is -2.29. The van der Waals surface area contributed by atoms with Crippen LogP contribution in [0.3, 0.4) is 0 Å². The van der Waals surface area contributed by atoms with Gasteiger partial charge >= 0.3 is 0 Å². The first-order valence-electron chi connectivity index (χ1n) is 7.52. The van der Waals surface area contributed by atoms with E-state index in [2.05, 4.69) is 14.9 Å². The fourth-order valence-corrected chi connectivity index (χ4v) is 3.23. The lowest BCUT2D eigenvalue weighted by Crippen LogP contribution is -2.35. The molecule has 0 spiro atoms. The highest BCUT2D eigenvalue weighted by Gasteiger charge is 2.22. The average Bonchev–Trinajstić information content (AvgIpc) is 2.55. The number of nitrogens with zero attached hydrogens (tertiary/aromatic N) is 1. The summed E-state index contributed by atoms with van der Waals surface area (Å²) < 4.78 is 11.1. The molecule has 1 aliphatic rings. The van der Waals surface area contributed by atoms with Crippen LogP contribution < -0.4 is 15.0 Å². The normalized spacial score (nSPS) is 14.2. The van der Waals surface area contributed by atoms with Crippen LogP contribution in [0, 0.1) is 4.77 Å². The van der Waals surface area contributed by atoms with E-state index in [0.29, 0.717) is 35.8 Å². The van der Waals surface area contributed by atoms with Gasteiger partial charge in [-0.2, -0.15) is 0 Å². The van der Waals surface area contributed by atoms with Crippen LogP contribution in [0.2, 0.25) is 0 Å². The molecule has 0 aliphatic carbocycles. The number of aromatic hydroxyl groups is 1. The number of fused-ring (bicyclic) bond motifs is 1. The highest BCUT2D eigenvalue weighted by molar-refractivity contribution is 7.71. The zero-order valence-corrected chi connectivity index (χ0v) is 14.3. The van der Waals surface area contributed by atoms with E-state index in [9.17, 15) is 9.90 Å². The minimum Gasteiger partial charge on any atom is -0.508 e. The fraction of sp³-hybridized carbons (Fsp3) is 0.375. The first-order valence-corrected chi connectivity index (χ1v) is 7.93. The monoisotopic (exact) mass is 349 g/mol. The fourth-order valence-electron chi connectivity index (χ4n) is 3.02. The Kier molecular flexibility index (Phi) is 4.59. The number of phenolic OH excluding ortho intramolecular Hbond substituents is 1. The van der Waals surface area contributed by atoms with E-state index in [1.54, 1.807) is 26.4 Å². The van der Waals surface area contributed by atoms with Crippen molar-refractivity contribution in [3.05, 3.63) is 44.1 Å². The maximum absolute atomic E-state index is 12.0. The Morgan fingerprint density at radius 2 is 1.92 bits per heavy atom. The molecule has 1 aliphatic heterocycles. The minimum atomic E-state index is -0.117. The highest BCUT2D eigenvalue weighted by Crippen LogP contribution is 2.35. The molecule has 0 saturated carbocycles. The van der Waals surface area contributed by atoms with Crippen molar-refractivity contribution in [2.45, 2.75) is 19.5 Å². The Bertz CT molecular complexity index is 849. The molecule has 7 nitrogen and oxygen atoms in total. The minimum absolute atomic E-state index is 0.0899. The van der Waals surface area contributed by atoms with Gasteiger partial charge in [-0.1, -0.05) is 0 Å². The van der Waals surface area contributed by atoms with Crippen LogP contribution in [0.5, 0.6) is 17.2 Å². The topological polar surface area (TPSA) is 90.6 Å². The van der Waals surface area contributed by atoms with Crippen LogP contribution >= 0.6 is 12.2 Å². The Morgan fingerprint density at radius 1 is 1.25 bits per heavy atom. The third-order valence-electron chi connectivity index (χ3n) is 4.16. The molecule has 3 rings (SSSR count).